The first-order valence-electron chi connectivity index (χ1n) is 17.6. The van der Waals surface area contributed by atoms with E-state index in [0.29, 0.717) is 35.4 Å². The Morgan fingerprint density at radius 1 is 0.944 bits per heavy atom. The predicted octanol–water partition coefficient (Wildman–Crippen LogP) is 5.53. The highest BCUT2D eigenvalue weighted by atomic mass is 35.5. The monoisotopic (exact) mass is 771 g/mol. The van der Waals surface area contributed by atoms with Gasteiger partial charge in [-0.05, 0) is 65.8 Å². The molecule has 2 N–H and O–H groups in total. The number of hydrazine groups is 1. The first kappa shape index (κ1) is 38.6. The number of halogens is 2. The highest BCUT2D eigenvalue weighted by Gasteiger charge is 2.52. The Balaban J connectivity index is 1.25. The molecule has 2 heterocycles. The zero-order valence-corrected chi connectivity index (χ0v) is 31.7. The molecule has 12 nitrogen and oxygen atoms in total. The maximum absolute atomic E-state index is 14.5. The molecule has 0 unspecified atom stereocenters. The molecule has 54 heavy (non-hydrogen) atoms. The van der Waals surface area contributed by atoms with E-state index in [9.17, 15) is 19.2 Å². The van der Waals surface area contributed by atoms with Crippen molar-refractivity contribution in [2.45, 2.75) is 31.7 Å². The van der Waals surface area contributed by atoms with Crippen LogP contribution < -0.4 is 15.4 Å². The number of fused-ring (bicyclic) bond motifs is 2. The first-order valence-corrected chi connectivity index (χ1v) is 18.4. The zero-order valence-electron chi connectivity index (χ0n) is 30.2. The Morgan fingerprint density at radius 3 is 2.43 bits per heavy atom. The summed E-state index contributed by atoms with van der Waals surface area (Å²) in [6.45, 7) is 5.64. The molecule has 282 valence electrons. The second-order valence-corrected chi connectivity index (χ2v) is 14.3. The minimum Gasteiger partial charge on any atom is -0.410 e. The van der Waals surface area contributed by atoms with Gasteiger partial charge in [0.15, 0.2) is 0 Å². The Labute approximate surface area is 324 Å². The van der Waals surface area contributed by atoms with Crippen LogP contribution in [0.2, 0.25) is 10.0 Å². The molecular weight excluding hydrogens is 729 g/mol. The lowest BCUT2D eigenvalue weighted by Crippen LogP contribution is -2.66. The number of ether oxygens (including phenoxy) is 1. The second-order valence-electron chi connectivity index (χ2n) is 13.5. The molecule has 0 bridgehead atoms. The molecule has 2 atom stereocenters. The van der Waals surface area contributed by atoms with Crippen LogP contribution in [0.15, 0.2) is 97.6 Å². The molecule has 4 aromatic rings. The van der Waals surface area contributed by atoms with Crippen molar-refractivity contribution in [3.8, 4) is 5.75 Å². The lowest BCUT2D eigenvalue weighted by Gasteiger charge is -2.46. The molecule has 5 amide bonds. The molecule has 2 aliphatic rings. The number of carbonyl (C=O) groups excluding carboxylic acids is 4. The average Bonchev–Trinajstić information content (AvgIpc) is 3.48. The largest absolute Gasteiger partial charge is 0.412 e. The van der Waals surface area contributed by atoms with Crippen LogP contribution in [0.3, 0.4) is 0 Å². The Hall–Kier alpha value is -5.14. The molecule has 4 aromatic carbocycles. The lowest BCUT2D eigenvalue weighted by atomic mass is 9.99. The van der Waals surface area contributed by atoms with Gasteiger partial charge in [-0.2, -0.15) is 5.01 Å². The molecule has 0 aromatic heterocycles. The average molecular weight is 773 g/mol. The van der Waals surface area contributed by atoms with Crippen molar-refractivity contribution < 1.29 is 23.9 Å². The van der Waals surface area contributed by atoms with Crippen molar-refractivity contribution in [3.63, 3.8) is 0 Å². The summed E-state index contributed by atoms with van der Waals surface area (Å²) >= 11 is 12.3. The highest BCUT2D eigenvalue weighted by molar-refractivity contribution is 6.42. The number of carbonyl (C=O) groups is 4. The smallest absolute Gasteiger partial charge is 0.410 e. The minimum atomic E-state index is -0.859. The fourth-order valence-corrected chi connectivity index (χ4v) is 7.13. The van der Waals surface area contributed by atoms with Crippen molar-refractivity contribution in [1.82, 2.24) is 35.4 Å². The maximum atomic E-state index is 14.5. The zero-order chi connectivity index (χ0) is 38.4. The third kappa shape index (κ3) is 8.96. The van der Waals surface area contributed by atoms with Gasteiger partial charge in [0, 0.05) is 32.6 Å². The highest BCUT2D eigenvalue weighted by Crippen LogP contribution is 2.32. The number of nitrogens with one attached hydrogen (secondary N) is 2. The quantitative estimate of drug-likeness (QED) is 0.172. The number of urea groups is 1. The number of hydrogen-bond donors (Lipinski definition) is 2. The number of piperazine rings is 1. The third-order valence-electron chi connectivity index (χ3n) is 9.47. The number of rotatable bonds is 13. The Kier molecular flexibility index (Phi) is 12.4. The summed E-state index contributed by atoms with van der Waals surface area (Å²) in [6.07, 6.45) is 0.602. The lowest BCUT2D eigenvalue weighted by molar-refractivity contribution is -0.157. The third-order valence-corrected chi connectivity index (χ3v) is 10.2. The van der Waals surface area contributed by atoms with Crippen molar-refractivity contribution >= 4 is 57.9 Å². The van der Waals surface area contributed by atoms with Gasteiger partial charge < -0.3 is 30.1 Å². The van der Waals surface area contributed by atoms with E-state index in [-0.39, 0.29) is 44.4 Å². The summed E-state index contributed by atoms with van der Waals surface area (Å²) in [6, 6.07) is 24.7. The van der Waals surface area contributed by atoms with Gasteiger partial charge in [0.1, 0.15) is 18.0 Å². The molecular formula is C40H43Cl2N7O5. The van der Waals surface area contributed by atoms with E-state index >= 15 is 0 Å². The topological polar surface area (TPSA) is 118 Å². The van der Waals surface area contributed by atoms with Crippen LogP contribution in [0.5, 0.6) is 5.75 Å². The Morgan fingerprint density at radius 2 is 1.69 bits per heavy atom. The number of hydrogen-bond acceptors (Lipinski definition) is 7. The van der Waals surface area contributed by atoms with E-state index in [1.165, 1.54) is 5.01 Å². The van der Waals surface area contributed by atoms with Gasteiger partial charge >= 0.3 is 12.1 Å². The molecule has 0 saturated carbocycles. The summed E-state index contributed by atoms with van der Waals surface area (Å²) in [5.41, 5.74) is 2.49. The molecule has 0 aliphatic carbocycles. The maximum Gasteiger partial charge on any atom is 0.412 e. The SMILES string of the molecule is C=CCN(C(=O)NCc1ccc(Cl)c(Cl)c1)N1CC(=O)N2[C@@H](Cc3ccc(OC(=O)NCCN(C)C)cc3)C(=O)N(Cc3cccc4ccccc34)C[C@@H]21. The van der Waals surface area contributed by atoms with E-state index in [0.717, 1.165) is 27.5 Å². The van der Waals surface area contributed by atoms with Gasteiger partial charge in [-0.3, -0.25) is 14.6 Å². The number of benzene rings is 4. The van der Waals surface area contributed by atoms with E-state index < -0.39 is 24.3 Å². The van der Waals surface area contributed by atoms with E-state index in [1.54, 1.807) is 63.3 Å². The number of amides is 5. The van der Waals surface area contributed by atoms with Crippen LogP contribution in [0.4, 0.5) is 9.59 Å². The Bertz CT molecular complexity index is 2020. The molecule has 2 fully saturated rings. The summed E-state index contributed by atoms with van der Waals surface area (Å²) in [7, 11) is 3.83. The van der Waals surface area contributed by atoms with E-state index in [4.69, 9.17) is 27.9 Å². The number of likely N-dealkylation sites (N-methyl/N-ethyl adjacent to an activating group) is 1. The first-order chi connectivity index (χ1) is 26.0. The molecule has 6 rings (SSSR count). The number of nitrogens with zero attached hydrogens (tertiary/aromatic N) is 5. The van der Waals surface area contributed by atoms with Crippen molar-refractivity contribution in [1.29, 1.82) is 0 Å². The summed E-state index contributed by atoms with van der Waals surface area (Å²) in [5, 5.41) is 11.7. The normalized spacial score (nSPS) is 17.1. The van der Waals surface area contributed by atoms with Crippen LogP contribution in [0.25, 0.3) is 10.8 Å². The van der Waals surface area contributed by atoms with Crippen LogP contribution in [0.1, 0.15) is 16.7 Å². The summed E-state index contributed by atoms with van der Waals surface area (Å²) < 4.78 is 5.43. The van der Waals surface area contributed by atoms with E-state index in [1.807, 2.05) is 61.5 Å². The molecule has 0 spiro atoms. The van der Waals surface area contributed by atoms with Gasteiger partial charge in [-0.15, -0.1) is 6.58 Å². The van der Waals surface area contributed by atoms with Crippen molar-refractivity contribution in [2.24, 2.45) is 0 Å². The standard InChI is InChI=1S/C40H43Cl2N7O5/c1-4-19-47(39(52)44-23-28-14-17-33(41)34(42)21-28)48-26-37(50)49-35(22-27-12-15-31(16-13-27)54-40(53)43-18-20-45(2)3)38(51)46(25-36(48)49)24-30-10-7-9-29-8-5-6-11-32(29)30/h4-17,21,35-36H,1,18-20,22-26H2,2-3H3,(H,43,53)(H,44,52)/t35-,36+/m0/s1. The predicted molar refractivity (Wildman–Crippen MR) is 209 cm³/mol. The molecule has 2 aliphatic heterocycles. The molecule has 0 radical (unpaired) electrons. The van der Waals surface area contributed by atoms with E-state index in [2.05, 4.69) is 17.2 Å². The van der Waals surface area contributed by atoms with Gasteiger partial charge in [0.05, 0.1) is 29.7 Å². The van der Waals surface area contributed by atoms with Crippen LogP contribution in [-0.2, 0) is 29.1 Å². The van der Waals surface area contributed by atoms with Crippen molar-refractivity contribution in [2.75, 3.05) is 46.8 Å². The van der Waals surface area contributed by atoms with Crippen LogP contribution >= 0.6 is 23.2 Å². The second kappa shape index (κ2) is 17.3. The minimum absolute atomic E-state index is 0.111. The van der Waals surface area contributed by atoms with Gasteiger partial charge in [0.25, 0.3) is 0 Å². The fourth-order valence-electron chi connectivity index (χ4n) is 6.81. The van der Waals surface area contributed by atoms with Crippen LogP contribution in [-0.4, -0.2) is 108 Å². The molecule has 14 heteroatoms. The molecule has 2 saturated heterocycles. The summed E-state index contributed by atoms with van der Waals surface area (Å²) in [5.74, 6) is -0.125. The van der Waals surface area contributed by atoms with Crippen molar-refractivity contribution in [3.05, 3.63) is 124 Å². The summed E-state index contributed by atoms with van der Waals surface area (Å²) in [4.78, 5) is 59.8. The van der Waals surface area contributed by atoms with Crippen LogP contribution in [0, 0.1) is 0 Å². The van der Waals surface area contributed by atoms with Gasteiger partial charge in [-0.1, -0.05) is 89.9 Å². The van der Waals surface area contributed by atoms with Gasteiger partial charge in [-0.25, -0.2) is 9.59 Å². The fraction of sp³-hybridized carbons (Fsp3) is 0.300. The van der Waals surface area contributed by atoms with Gasteiger partial charge in [0.2, 0.25) is 11.8 Å².